The highest BCUT2D eigenvalue weighted by Crippen LogP contribution is 1.89. The second kappa shape index (κ2) is 7.10. The zero-order valence-corrected chi connectivity index (χ0v) is 8.39. The molecule has 0 aromatic heterocycles. The van der Waals surface area contributed by atoms with Gasteiger partial charge in [0.1, 0.15) is 0 Å². The molecule has 0 aliphatic rings. The highest BCUT2D eigenvalue weighted by Gasteiger charge is 2.02. The molecule has 0 aliphatic heterocycles. The van der Waals surface area contributed by atoms with Gasteiger partial charge in [0.05, 0.1) is 0 Å². The monoisotopic (exact) mass is 172 g/mol. The van der Waals surface area contributed by atoms with Gasteiger partial charge < -0.3 is 10.2 Å². The van der Waals surface area contributed by atoms with Crippen LogP contribution in [0.2, 0.25) is 0 Å². The van der Waals surface area contributed by atoms with Crippen LogP contribution in [0.1, 0.15) is 27.2 Å². The zero-order chi connectivity index (χ0) is 9.40. The third-order valence-electron chi connectivity index (χ3n) is 1.92. The van der Waals surface area contributed by atoms with E-state index in [0.29, 0.717) is 6.42 Å². The molecule has 0 saturated carbocycles. The SMILES string of the molecule is CCNC(=O)CCN(CC)CC. The molecule has 0 unspecified atom stereocenters. The summed E-state index contributed by atoms with van der Waals surface area (Å²) in [6.45, 7) is 9.82. The first-order valence-corrected chi connectivity index (χ1v) is 4.73. The summed E-state index contributed by atoms with van der Waals surface area (Å²) in [6.07, 6.45) is 0.621. The van der Waals surface area contributed by atoms with E-state index in [0.717, 1.165) is 26.2 Å². The molecule has 1 N–H and O–H groups in total. The second-order valence-corrected chi connectivity index (χ2v) is 2.73. The summed E-state index contributed by atoms with van der Waals surface area (Å²) in [5.74, 6) is 0.157. The Kier molecular flexibility index (Phi) is 6.76. The molecular weight excluding hydrogens is 152 g/mol. The minimum atomic E-state index is 0.157. The minimum absolute atomic E-state index is 0.157. The number of amides is 1. The van der Waals surface area contributed by atoms with Crippen molar-refractivity contribution in [3.63, 3.8) is 0 Å². The summed E-state index contributed by atoms with van der Waals surface area (Å²) in [4.78, 5) is 13.3. The number of nitrogens with one attached hydrogen (secondary N) is 1. The van der Waals surface area contributed by atoms with Crippen LogP contribution in [0.5, 0.6) is 0 Å². The van der Waals surface area contributed by atoms with E-state index in [2.05, 4.69) is 24.1 Å². The normalized spacial score (nSPS) is 10.3. The Hall–Kier alpha value is -0.570. The van der Waals surface area contributed by atoms with E-state index in [1.54, 1.807) is 0 Å². The molecule has 1 amide bonds. The fourth-order valence-corrected chi connectivity index (χ4v) is 1.09. The summed E-state index contributed by atoms with van der Waals surface area (Å²) < 4.78 is 0. The first kappa shape index (κ1) is 11.4. The van der Waals surface area contributed by atoms with Crippen LogP contribution < -0.4 is 5.32 Å². The molecule has 0 rings (SSSR count). The summed E-state index contributed by atoms with van der Waals surface area (Å²) in [5, 5.41) is 2.78. The predicted molar refractivity (Wildman–Crippen MR) is 51.1 cm³/mol. The van der Waals surface area contributed by atoms with Crippen molar-refractivity contribution in [2.75, 3.05) is 26.2 Å². The lowest BCUT2D eigenvalue weighted by atomic mass is 10.3. The molecule has 0 radical (unpaired) electrons. The fraction of sp³-hybridized carbons (Fsp3) is 0.889. The lowest BCUT2D eigenvalue weighted by Gasteiger charge is -2.16. The minimum Gasteiger partial charge on any atom is -0.356 e. The van der Waals surface area contributed by atoms with Crippen molar-refractivity contribution in [2.45, 2.75) is 27.2 Å². The van der Waals surface area contributed by atoms with E-state index in [9.17, 15) is 4.79 Å². The van der Waals surface area contributed by atoms with Gasteiger partial charge in [-0.3, -0.25) is 4.79 Å². The molecule has 0 aromatic carbocycles. The van der Waals surface area contributed by atoms with Crippen LogP contribution in [0, 0.1) is 0 Å². The molecule has 0 heterocycles. The molecule has 0 spiro atoms. The van der Waals surface area contributed by atoms with Crippen LogP contribution in [0.3, 0.4) is 0 Å². The molecular formula is C9H20N2O. The van der Waals surface area contributed by atoms with E-state index in [1.807, 2.05) is 6.92 Å². The van der Waals surface area contributed by atoms with Crippen molar-refractivity contribution in [3.05, 3.63) is 0 Å². The molecule has 0 atom stereocenters. The molecule has 0 bridgehead atoms. The van der Waals surface area contributed by atoms with E-state index >= 15 is 0 Å². The smallest absolute Gasteiger partial charge is 0.221 e. The summed E-state index contributed by atoms with van der Waals surface area (Å²) in [6, 6.07) is 0. The van der Waals surface area contributed by atoms with Crippen LogP contribution in [-0.4, -0.2) is 37.0 Å². The van der Waals surface area contributed by atoms with E-state index in [4.69, 9.17) is 0 Å². The van der Waals surface area contributed by atoms with Gasteiger partial charge in [0.15, 0.2) is 0 Å². The van der Waals surface area contributed by atoms with Crippen LogP contribution >= 0.6 is 0 Å². The maximum atomic E-state index is 11.0. The standard InChI is InChI=1S/C9H20N2O/c1-4-10-9(12)7-8-11(5-2)6-3/h4-8H2,1-3H3,(H,10,12). The Balaban J connectivity index is 3.44. The third kappa shape index (κ3) is 5.13. The van der Waals surface area contributed by atoms with Crippen molar-refractivity contribution >= 4 is 5.91 Å². The quantitative estimate of drug-likeness (QED) is 0.644. The molecule has 0 aliphatic carbocycles. The van der Waals surface area contributed by atoms with Crippen molar-refractivity contribution < 1.29 is 4.79 Å². The average molecular weight is 172 g/mol. The summed E-state index contributed by atoms with van der Waals surface area (Å²) in [5.41, 5.74) is 0. The maximum Gasteiger partial charge on any atom is 0.221 e. The van der Waals surface area contributed by atoms with Crippen molar-refractivity contribution in [3.8, 4) is 0 Å². The number of nitrogens with zero attached hydrogens (tertiary/aromatic N) is 1. The predicted octanol–water partition coefficient (Wildman–Crippen LogP) is 0.854. The highest BCUT2D eigenvalue weighted by molar-refractivity contribution is 5.75. The van der Waals surface area contributed by atoms with E-state index in [1.165, 1.54) is 0 Å². The summed E-state index contributed by atoms with van der Waals surface area (Å²) >= 11 is 0. The molecule has 0 saturated heterocycles. The molecule has 3 heteroatoms. The lowest BCUT2D eigenvalue weighted by molar-refractivity contribution is -0.121. The Morgan fingerprint density at radius 2 is 1.83 bits per heavy atom. The van der Waals surface area contributed by atoms with Crippen LogP contribution in [-0.2, 0) is 4.79 Å². The number of rotatable bonds is 6. The topological polar surface area (TPSA) is 32.3 Å². The molecule has 12 heavy (non-hydrogen) atoms. The van der Waals surface area contributed by atoms with Crippen LogP contribution in [0.4, 0.5) is 0 Å². The van der Waals surface area contributed by atoms with Gasteiger partial charge in [0.2, 0.25) is 5.91 Å². The Morgan fingerprint density at radius 3 is 2.25 bits per heavy atom. The first-order chi connectivity index (χ1) is 5.74. The third-order valence-corrected chi connectivity index (χ3v) is 1.92. The van der Waals surface area contributed by atoms with Gasteiger partial charge in [-0.1, -0.05) is 13.8 Å². The number of carbonyl (C=O) groups is 1. The Bertz CT molecular complexity index is 122. The average Bonchev–Trinajstić information content (AvgIpc) is 2.07. The molecule has 72 valence electrons. The number of hydrogen-bond donors (Lipinski definition) is 1. The fourth-order valence-electron chi connectivity index (χ4n) is 1.09. The maximum absolute atomic E-state index is 11.0. The summed E-state index contributed by atoms with van der Waals surface area (Å²) in [7, 11) is 0. The lowest BCUT2D eigenvalue weighted by Crippen LogP contribution is -2.30. The van der Waals surface area contributed by atoms with Crippen LogP contribution in [0.15, 0.2) is 0 Å². The first-order valence-electron chi connectivity index (χ1n) is 4.73. The Labute approximate surface area is 75.1 Å². The molecule has 0 fully saturated rings. The van der Waals surface area contributed by atoms with Gasteiger partial charge in [-0.15, -0.1) is 0 Å². The number of hydrogen-bond acceptors (Lipinski definition) is 2. The molecule has 3 nitrogen and oxygen atoms in total. The largest absolute Gasteiger partial charge is 0.356 e. The molecule has 0 aromatic rings. The van der Waals surface area contributed by atoms with Gasteiger partial charge >= 0.3 is 0 Å². The zero-order valence-electron chi connectivity index (χ0n) is 8.39. The number of carbonyl (C=O) groups excluding carboxylic acids is 1. The Morgan fingerprint density at radius 1 is 1.25 bits per heavy atom. The van der Waals surface area contributed by atoms with Gasteiger partial charge in [-0.25, -0.2) is 0 Å². The van der Waals surface area contributed by atoms with Gasteiger partial charge in [0, 0.05) is 19.5 Å². The van der Waals surface area contributed by atoms with Crippen molar-refractivity contribution in [2.24, 2.45) is 0 Å². The van der Waals surface area contributed by atoms with Crippen molar-refractivity contribution in [1.82, 2.24) is 10.2 Å². The highest BCUT2D eigenvalue weighted by atomic mass is 16.1. The van der Waals surface area contributed by atoms with E-state index in [-0.39, 0.29) is 5.91 Å². The van der Waals surface area contributed by atoms with Crippen molar-refractivity contribution in [1.29, 1.82) is 0 Å². The van der Waals surface area contributed by atoms with Crippen LogP contribution in [0.25, 0.3) is 0 Å². The van der Waals surface area contributed by atoms with Gasteiger partial charge in [-0.05, 0) is 20.0 Å². The van der Waals surface area contributed by atoms with Gasteiger partial charge in [-0.2, -0.15) is 0 Å². The second-order valence-electron chi connectivity index (χ2n) is 2.73. The van der Waals surface area contributed by atoms with E-state index < -0.39 is 0 Å². The van der Waals surface area contributed by atoms with Gasteiger partial charge in [0.25, 0.3) is 0 Å².